The zero-order valence-electron chi connectivity index (χ0n) is 13.1. The summed E-state index contributed by atoms with van der Waals surface area (Å²) in [6.45, 7) is 7.85. The molecule has 1 aromatic rings. The standard InChI is InChI=1S/C15H15NO3.C2H6/c1-4-7-12-10(2)15(14(17)18-19-15)11-8-5-6-9-13(11)16(12)3;1-2/h4-9H,1-3H3;1-2H3/b7-4-;. The predicted octanol–water partition coefficient (Wildman–Crippen LogP) is 3.70. The number of likely N-dealkylation sites (N-methyl/N-ethyl adjacent to an activating group) is 1. The Hall–Kier alpha value is -2.07. The third kappa shape index (κ3) is 1.98. The minimum absolute atomic E-state index is 0.354. The number of benzene rings is 1. The number of carbonyl (C=O) groups excluding carboxylic acids is 1. The number of anilines is 1. The number of carbonyl (C=O) groups is 1. The largest absolute Gasteiger partial charge is 0.387 e. The summed E-state index contributed by atoms with van der Waals surface area (Å²) in [6, 6.07) is 7.72. The van der Waals surface area contributed by atoms with Crippen LogP contribution in [0.1, 0.15) is 33.3 Å². The molecule has 4 heteroatoms. The topological polar surface area (TPSA) is 38.8 Å². The Balaban J connectivity index is 0.000000774. The van der Waals surface area contributed by atoms with E-state index in [4.69, 9.17) is 4.89 Å². The first-order valence-corrected chi connectivity index (χ1v) is 7.20. The Morgan fingerprint density at radius 1 is 1.24 bits per heavy atom. The van der Waals surface area contributed by atoms with Gasteiger partial charge in [-0.15, -0.1) is 0 Å². The van der Waals surface area contributed by atoms with Gasteiger partial charge in [0.2, 0.25) is 0 Å². The molecule has 2 aliphatic rings. The number of fused-ring (bicyclic) bond motifs is 2. The second kappa shape index (κ2) is 5.74. The van der Waals surface area contributed by atoms with Crippen LogP contribution in [0.2, 0.25) is 0 Å². The molecular weight excluding hydrogens is 266 g/mol. The van der Waals surface area contributed by atoms with Gasteiger partial charge in [0.1, 0.15) is 0 Å². The summed E-state index contributed by atoms with van der Waals surface area (Å²) in [7, 11) is 1.98. The molecule has 0 aromatic heterocycles. The van der Waals surface area contributed by atoms with Crippen molar-refractivity contribution in [3.05, 3.63) is 53.3 Å². The molecule has 112 valence electrons. The zero-order chi connectivity index (χ0) is 15.6. The molecule has 2 aliphatic heterocycles. The van der Waals surface area contributed by atoms with Gasteiger partial charge in [-0.05, 0) is 26.0 Å². The third-order valence-corrected chi connectivity index (χ3v) is 3.77. The molecule has 1 saturated heterocycles. The summed E-state index contributed by atoms with van der Waals surface area (Å²) in [5.74, 6) is -0.354. The van der Waals surface area contributed by atoms with Crippen LogP contribution >= 0.6 is 0 Å². The van der Waals surface area contributed by atoms with Crippen LogP contribution in [0.3, 0.4) is 0 Å². The lowest BCUT2D eigenvalue weighted by molar-refractivity contribution is -0.396. The van der Waals surface area contributed by atoms with Crippen LogP contribution in [0.5, 0.6) is 0 Å². The smallest absolute Gasteiger partial charge is 0.344 e. The van der Waals surface area contributed by atoms with E-state index in [-0.39, 0.29) is 5.97 Å². The summed E-state index contributed by atoms with van der Waals surface area (Å²) < 4.78 is 0. The van der Waals surface area contributed by atoms with Gasteiger partial charge in [-0.2, -0.15) is 4.89 Å². The molecule has 21 heavy (non-hydrogen) atoms. The average molecular weight is 287 g/mol. The quantitative estimate of drug-likeness (QED) is 0.738. The van der Waals surface area contributed by atoms with Crippen molar-refractivity contribution in [2.75, 3.05) is 11.9 Å². The minimum Gasteiger partial charge on any atom is -0.344 e. The highest BCUT2D eigenvalue weighted by Crippen LogP contribution is 2.50. The lowest BCUT2D eigenvalue weighted by Gasteiger charge is -2.44. The zero-order valence-corrected chi connectivity index (χ0v) is 13.1. The molecule has 1 unspecified atom stereocenters. The van der Waals surface area contributed by atoms with Crippen molar-refractivity contribution in [3.63, 3.8) is 0 Å². The minimum atomic E-state index is -1.07. The number of nitrogens with zero attached hydrogens (tertiary/aromatic N) is 1. The van der Waals surface area contributed by atoms with E-state index in [2.05, 4.69) is 9.79 Å². The predicted molar refractivity (Wildman–Crippen MR) is 82.6 cm³/mol. The molecule has 4 nitrogen and oxygen atoms in total. The van der Waals surface area contributed by atoms with Gasteiger partial charge < -0.3 is 4.90 Å². The molecule has 1 atom stereocenters. The van der Waals surface area contributed by atoms with Crippen molar-refractivity contribution < 1.29 is 14.6 Å². The van der Waals surface area contributed by atoms with E-state index in [0.29, 0.717) is 0 Å². The van der Waals surface area contributed by atoms with Crippen LogP contribution in [0, 0.1) is 0 Å². The fourth-order valence-electron chi connectivity index (χ4n) is 2.75. The highest BCUT2D eigenvalue weighted by atomic mass is 17.3. The van der Waals surface area contributed by atoms with Gasteiger partial charge in [-0.1, -0.05) is 38.1 Å². The molecular formula is C17H21NO3. The molecule has 0 amide bonds. The highest BCUT2D eigenvalue weighted by Gasteiger charge is 2.59. The Morgan fingerprint density at radius 2 is 1.90 bits per heavy atom. The van der Waals surface area contributed by atoms with E-state index in [1.54, 1.807) is 0 Å². The Labute approximate surface area is 125 Å². The maximum absolute atomic E-state index is 12.0. The van der Waals surface area contributed by atoms with Gasteiger partial charge in [0.15, 0.2) is 0 Å². The van der Waals surface area contributed by atoms with Crippen molar-refractivity contribution >= 4 is 11.7 Å². The van der Waals surface area contributed by atoms with E-state index >= 15 is 0 Å². The first kappa shape index (κ1) is 15.3. The summed E-state index contributed by atoms with van der Waals surface area (Å²) >= 11 is 0. The SMILES string of the molecule is C/C=C\C1=C(C)C2(OOC2=O)c2ccccc2N1C.CC. The number of rotatable bonds is 1. The van der Waals surface area contributed by atoms with Gasteiger partial charge in [-0.25, -0.2) is 4.79 Å². The van der Waals surface area contributed by atoms with Crippen LogP contribution in [0.4, 0.5) is 5.69 Å². The maximum Gasteiger partial charge on any atom is 0.387 e. The first-order valence-electron chi connectivity index (χ1n) is 7.20. The average Bonchev–Trinajstić information content (AvgIpc) is 2.52. The Morgan fingerprint density at radius 3 is 2.43 bits per heavy atom. The van der Waals surface area contributed by atoms with Crippen molar-refractivity contribution in [1.29, 1.82) is 0 Å². The molecule has 3 rings (SSSR count). The van der Waals surface area contributed by atoms with Gasteiger partial charge in [0.05, 0.1) is 0 Å². The highest BCUT2D eigenvalue weighted by molar-refractivity contribution is 5.92. The number of para-hydroxylation sites is 1. The summed E-state index contributed by atoms with van der Waals surface area (Å²) in [4.78, 5) is 23.9. The molecule has 0 bridgehead atoms. The number of hydrogen-bond donors (Lipinski definition) is 0. The van der Waals surface area contributed by atoms with E-state index in [1.807, 2.05) is 71.2 Å². The molecule has 1 aromatic carbocycles. The number of allylic oxidation sites excluding steroid dienone is 2. The molecule has 1 fully saturated rings. The van der Waals surface area contributed by atoms with Gasteiger partial charge in [-0.3, -0.25) is 4.89 Å². The van der Waals surface area contributed by atoms with Crippen LogP contribution in [-0.4, -0.2) is 13.0 Å². The second-order valence-corrected chi connectivity index (χ2v) is 4.72. The summed E-state index contributed by atoms with van der Waals surface area (Å²) in [6.07, 6.45) is 3.92. The fraction of sp³-hybridized carbons (Fsp3) is 0.353. The maximum atomic E-state index is 12.0. The molecule has 1 spiro atoms. The van der Waals surface area contributed by atoms with Crippen molar-refractivity contribution in [1.82, 2.24) is 0 Å². The molecule has 2 heterocycles. The Kier molecular flexibility index (Phi) is 4.19. The number of hydrogen-bond acceptors (Lipinski definition) is 4. The van der Waals surface area contributed by atoms with Crippen LogP contribution in [-0.2, 0) is 20.2 Å². The summed E-state index contributed by atoms with van der Waals surface area (Å²) in [5, 5.41) is 0. The molecule has 0 N–H and O–H groups in total. The first-order chi connectivity index (χ1) is 10.1. The van der Waals surface area contributed by atoms with E-state index in [9.17, 15) is 4.79 Å². The van der Waals surface area contributed by atoms with Gasteiger partial charge in [0, 0.05) is 29.6 Å². The lowest BCUT2D eigenvalue weighted by Crippen LogP contribution is -2.54. The van der Waals surface area contributed by atoms with E-state index in [1.165, 1.54) is 0 Å². The van der Waals surface area contributed by atoms with Crippen LogP contribution in [0.15, 0.2) is 47.7 Å². The molecule has 0 radical (unpaired) electrons. The fourth-order valence-corrected chi connectivity index (χ4v) is 2.75. The van der Waals surface area contributed by atoms with Crippen LogP contribution in [0.25, 0.3) is 0 Å². The van der Waals surface area contributed by atoms with E-state index < -0.39 is 5.60 Å². The van der Waals surface area contributed by atoms with Crippen molar-refractivity contribution in [3.8, 4) is 0 Å². The van der Waals surface area contributed by atoms with E-state index in [0.717, 1.165) is 22.5 Å². The van der Waals surface area contributed by atoms with Crippen LogP contribution < -0.4 is 4.90 Å². The van der Waals surface area contributed by atoms with Gasteiger partial charge >= 0.3 is 5.97 Å². The second-order valence-electron chi connectivity index (χ2n) is 4.72. The van der Waals surface area contributed by atoms with Crippen molar-refractivity contribution in [2.24, 2.45) is 0 Å². The normalized spacial score (nSPS) is 23.5. The van der Waals surface area contributed by atoms with Gasteiger partial charge in [0.25, 0.3) is 5.60 Å². The monoisotopic (exact) mass is 287 g/mol. The van der Waals surface area contributed by atoms with Crippen molar-refractivity contribution in [2.45, 2.75) is 33.3 Å². The third-order valence-electron chi connectivity index (χ3n) is 3.77. The Bertz CT molecular complexity index is 618. The molecule has 0 saturated carbocycles. The molecule has 0 aliphatic carbocycles. The lowest BCUT2D eigenvalue weighted by atomic mass is 9.80. The summed E-state index contributed by atoms with van der Waals surface area (Å²) in [5.41, 5.74) is 2.52.